The summed E-state index contributed by atoms with van der Waals surface area (Å²) in [6.07, 6.45) is 1.47. The maximum Gasteiger partial charge on any atom is 0.343 e. The molecule has 0 saturated carbocycles. The van der Waals surface area contributed by atoms with Gasteiger partial charge in [0.05, 0.1) is 36.4 Å². The molecule has 0 radical (unpaired) electrons. The van der Waals surface area contributed by atoms with Gasteiger partial charge in [0, 0.05) is 17.6 Å². The molecule has 1 atom stereocenters. The van der Waals surface area contributed by atoms with Crippen molar-refractivity contribution >= 4 is 32.8 Å². The first-order valence-corrected chi connectivity index (χ1v) is 8.85. The number of pyridine rings is 1. The van der Waals surface area contributed by atoms with Gasteiger partial charge in [-0.1, -0.05) is 21.3 Å². The highest BCUT2D eigenvalue weighted by molar-refractivity contribution is 9.10. The Labute approximate surface area is 161 Å². The number of esters is 1. The molecule has 1 aromatic carbocycles. The van der Waals surface area contributed by atoms with Crippen LogP contribution in [0, 0.1) is 5.92 Å². The molecule has 2 aromatic rings. The van der Waals surface area contributed by atoms with Crippen LogP contribution in [0.4, 0.5) is 0 Å². The molecule has 144 valence electrons. The summed E-state index contributed by atoms with van der Waals surface area (Å²) < 4.78 is 12.7. The van der Waals surface area contributed by atoms with E-state index in [0.29, 0.717) is 21.1 Å². The molecule has 0 aliphatic carbocycles. The van der Waals surface area contributed by atoms with Gasteiger partial charge in [0.25, 0.3) is 0 Å². The van der Waals surface area contributed by atoms with Gasteiger partial charge in [0.1, 0.15) is 11.3 Å². The average molecular weight is 428 g/mol. The van der Waals surface area contributed by atoms with Crippen molar-refractivity contribution in [3.63, 3.8) is 0 Å². The molecule has 6 nitrogen and oxygen atoms in total. The van der Waals surface area contributed by atoms with E-state index in [-0.39, 0.29) is 38.2 Å². The van der Waals surface area contributed by atoms with Gasteiger partial charge >= 0.3 is 5.97 Å². The predicted octanol–water partition coefficient (Wildman–Crippen LogP) is 3.77. The number of nitrogens with zero attached hydrogens (tertiary/aromatic N) is 1. The normalized spacial score (nSPS) is 12.0. The van der Waals surface area contributed by atoms with E-state index in [1.54, 1.807) is 23.6 Å². The third kappa shape index (κ3) is 4.10. The highest BCUT2D eigenvalue weighted by Gasteiger charge is 2.23. The molecule has 26 heavy (non-hydrogen) atoms. The lowest BCUT2D eigenvalue weighted by Crippen LogP contribution is -2.26. The second-order valence-electron chi connectivity index (χ2n) is 6.00. The van der Waals surface area contributed by atoms with Crippen molar-refractivity contribution in [2.75, 3.05) is 20.3 Å². The standard InChI is InChI=1S/C18H22BrNO5.CH4/c1-5-25-18(23)12-8-20(15(9-21)10(2)3)14-7-16(24-4)13(19)6-11(14)17(12)22;/h6-8,10,15,21H,5,9H2,1-4H3;1H4/t15-;/m1./s1. The summed E-state index contributed by atoms with van der Waals surface area (Å²) >= 11 is 3.37. The zero-order chi connectivity index (χ0) is 18.7. The number of carbonyl (C=O) groups is 1. The lowest BCUT2D eigenvalue weighted by atomic mass is 10.0. The van der Waals surface area contributed by atoms with Crippen LogP contribution in [0.1, 0.15) is 44.6 Å². The number of carbonyl (C=O) groups excluding carboxylic acids is 1. The number of aliphatic hydroxyl groups excluding tert-OH is 1. The van der Waals surface area contributed by atoms with Crippen LogP contribution >= 0.6 is 15.9 Å². The van der Waals surface area contributed by atoms with Crippen molar-refractivity contribution in [2.24, 2.45) is 5.92 Å². The summed E-state index contributed by atoms with van der Waals surface area (Å²) in [5, 5.41) is 10.2. The van der Waals surface area contributed by atoms with Gasteiger partial charge in [-0.15, -0.1) is 0 Å². The number of aliphatic hydroxyl groups is 1. The lowest BCUT2D eigenvalue weighted by molar-refractivity contribution is 0.0523. The number of methoxy groups -OCH3 is 1. The molecule has 0 fully saturated rings. The highest BCUT2D eigenvalue weighted by Crippen LogP contribution is 2.31. The zero-order valence-corrected chi connectivity index (χ0v) is 16.3. The number of ether oxygens (including phenoxy) is 2. The third-order valence-corrected chi connectivity index (χ3v) is 4.73. The Bertz CT molecular complexity index is 844. The van der Waals surface area contributed by atoms with Crippen LogP contribution in [0.5, 0.6) is 5.75 Å². The van der Waals surface area contributed by atoms with Crippen molar-refractivity contribution in [1.29, 1.82) is 0 Å². The first kappa shape index (κ1) is 22.2. The number of benzene rings is 1. The van der Waals surface area contributed by atoms with Crippen LogP contribution in [0.3, 0.4) is 0 Å². The summed E-state index contributed by atoms with van der Waals surface area (Å²) in [4.78, 5) is 25.0. The number of halogens is 1. The Balaban J connectivity index is 0.00000338. The molecule has 0 aliphatic rings. The molecule has 2 rings (SSSR count). The fraction of sp³-hybridized carbons (Fsp3) is 0.474. The van der Waals surface area contributed by atoms with E-state index in [1.807, 2.05) is 13.8 Å². The highest BCUT2D eigenvalue weighted by atomic mass is 79.9. The van der Waals surface area contributed by atoms with Crippen LogP contribution in [-0.2, 0) is 4.74 Å². The molecule has 1 N–H and O–H groups in total. The first-order valence-electron chi connectivity index (χ1n) is 8.06. The summed E-state index contributed by atoms with van der Waals surface area (Å²) in [7, 11) is 1.54. The fourth-order valence-electron chi connectivity index (χ4n) is 2.76. The first-order chi connectivity index (χ1) is 11.8. The van der Waals surface area contributed by atoms with E-state index in [1.165, 1.54) is 13.3 Å². The molecule has 0 bridgehead atoms. The lowest BCUT2D eigenvalue weighted by Gasteiger charge is -2.25. The molecule has 0 saturated heterocycles. The van der Waals surface area contributed by atoms with Gasteiger partial charge in [-0.2, -0.15) is 0 Å². The molecular weight excluding hydrogens is 402 g/mol. The van der Waals surface area contributed by atoms with Crippen molar-refractivity contribution in [3.05, 3.63) is 38.6 Å². The second-order valence-corrected chi connectivity index (χ2v) is 6.85. The largest absolute Gasteiger partial charge is 0.495 e. The number of fused-ring (bicyclic) bond motifs is 1. The van der Waals surface area contributed by atoms with Gasteiger partial charge in [0.2, 0.25) is 5.43 Å². The summed E-state index contributed by atoms with van der Waals surface area (Å²) in [5.41, 5.74) is 0.130. The van der Waals surface area contributed by atoms with E-state index < -0.39 is 11.4 Å². The van der Waals surface area contributed by atoms with Crippen LogP contribution < -0.4 is 10.2 Å². The molecule has 0 unspecified atom stereocenters. The average Bonchev–Trinajstić information content (AvgIpc) is 2.57. The minimum Gasteiger partial charge on any atom is -0.495 e. The predicted molar refractivity (Wildman–Crippen MR) is 106 cm³/mol. The Morgan fingerprint density at radius 1 is 1.35 bits per heavy atom. The maximum absolute atomic E-state index is 12.8. The monoisotopic (exact) mass is 427 g/mol. The molecular formula is C19H26BrNO5. The molecule has 7 heteroatoms. The molecule has 1 heterocycles. The Morgan fingerprint density at radius 2 is 2.00 bits per heavy atom. The topological polar surface area (TPSA) is 77.8 Å². The summed E-state index contributed by atoms with van der Waals surface area (Å²) in [6, 6.07) is 3.05. The minimum atomic E-state index is -0.671. The smallest absolute Gasteiger partial charge is 0.343 e. The molecule has 0 spiro atoms. The van der Waals surface area contributed by atoms with E-state index >= 15 is 0 Å². The molecule has 0 aliphatic heterocycles. The van der Waals surface area contributed by atoms with Gasteiger partial charge < -0.3 is 19.1 Å². The van der Waals surface area contributed by atoms with E-state index in [2.05, 4.69) is 15.9 Å². The van der Waals surface area contributed by atoms with E-state index in [0.717, 1.165) is 0 Å². The van der Waals surface area contributed by atoms with Crippen LogP contribution in [0.15, 0.2) is 27.6 Å². The summed E-state index contributed by atoms with van der Waals surface area (Å²) in [6.45, 7) is 5.66. The number of aromatic nitrogens is 1. The molecule has 1 aromatic heterocycles. The second kappa shape index (κ2) is 9.19. The minimum absolute atomic E-state index is 0. The van der Waals surface area contributed by atoms with Gasteiger partial charge in [-0.05, 0) is 34.8 Å². The Kier molecular flexibility index (Phi) is 7.84. The molecule has 0 amide bonds. The Morgan fingerprint density at radius 3 is 2.50 bits per heavy atom. The zero-order valence-electron chi connectivity index (χ0n) is 14.7. The summed E-state index contributed by atoms with van der Waals surface area (Å²) in [5.74, 6) is -0.0269. The van der Waals surface area contributed by atoms with Crippen molar-refractivity contribution in [1.82, 2.24) is 4.57 Å². The number of rotatable bonds is 6. The van der Waals surface area contributed by atoms with E-state index in [9.17, 15) is 14.7 Å². The SMILES string of the molecule is C.CCOC(=O)c1cn([C@H](CO)C(C)C)c2cc(OC)c(Br)cc2c1=O. The quantitative estimate of drug-likeness (QED) is 0.709. The van der Waals surface area contributed by atoms with E-state index in [4.69, 9.17) is 9.47 Å². The van der Waals surface area contributed by atoms with Crippen molar-refractivity contribution in [3.8, 4) is 5.75 Å². The number of hydrogen-bond acceptors (Lipinski definition) is 5. The third-order valence-electron chi connectivity index (χ3n) is 4.11. The maximum atomic E-state index is 12.8. The fourth-order valence-corrected chi connectivity index (χ4v) is 3.26. The van der Waals surface area contributed by atoms with Crippen molar-refractivity contribution < 1.29 is 19.4 Å². The van der Waals surface area contributed by atoms with Crippen LogP contribution in [0.25, 0.3) is 10.9 Å². The number of hydrogen-bond donors (Lipinski definition) is 1. The van der Waals surface area contributed by atoms with Gasteiger partial charge in [0.15, 0.2) is 0 Å². The van der Waals surface area contributed by atoms with Crippen LogP contribution in [0.2, 0.25) is 0 Å². The van der Waals surface area contributed by atoms with Gasteiger partial charge in [-0.3, -0.25) is 4.79 Å². The van der Waals surface area contributed by atoms with Crippen molar-refractivity contribution in [2.45, 2.75) is 34.2 Å². The van der Waals surface area contributed by atoms with Crippen LogP contribution in [-0.4, -0.2) is 36.0 Å². The van der Waals surface area contributed by atoms with Gasteiger partial charge in [-0.25, -0.2) is 4.79 Å². The Hall–Kier alpha value is -1.86.